The highest BCUT2D eigenvalue weighted by molar-refractivity contribution is 5.20. The van der Waals surface area contributed by atoms with Crippen LogP contribution in [0.2, 0.25) is 0 Å². The lowest BCUT2D eigenvalue weighted by Crippen LogP contribution is -2.22. The molecule has 0 saturated carbocycles. The topological polar surface area (TPSA) is 39.1 Å². The third-order valence-electron chi connectivity index (χ3n) is 2.72. The summed E-state index contributed by atoms with van der Waals surface area (Å²) >= 11 is 0. The summed E-state index contributed by atoms with van der Waals surface area (Å²) in [5.41, 5.74) is 0. The number of para-hydroxylation sites is 1. The lowest BCUT2D eigenvalue weighted by Gasteiger charge is -2.08. The van der Waals surface area contributed by atoms with Gasteiger partial charge in [0, 0.05) is 25.5 Å². The Bertz CT molecular complexity index is 453. The van der Waals surface area contributed by atoms with Gasteiger partial charge in [-0.1, -0.05) is 18.2 Å². The molecule has 0 saturated heterocycles. The summed E-state index contributed by atoms with van der Waals surface area (Å²) in [5.74, 6) is 1.98. The molecule has 1 heterocycles. The molecule has 0 aliphatic carbocycles. The van der Waals surface area contributed by atoms with Crippen LogP contribution in [0.5, 0.6) is 5.75 Å². The van der Waals surface area contributed by atoms with Crippen LogP contribution in [0.4, 0.5) is 0 Å². The number of hydrogen-bond acceptors (Lipinski definition) is 3. The molecule has 1 N–H and O–H groups in total. The smallest absolute Gasteiger partial charge is 0.122 e. The maximum Gasteiger partial charge on any atom is 0.122 e. The minimum atomic E-state index is 0.664. The molecule has 0 radical (unpaired) electrons. The van der Waals surface area contributed by atoms with Crippen molar-refractivity contribution in [2.24, 2.45) is 0 Å². The van der Waals surface area contributed by atoms with E-state index in [-0.39, 0.29) is 0 Å². The average Bonchev–Trinajstić information content (AvgIpc) is 2.87. The van der Waals surface area contributed by atoms with E-state index in [1.165, 1.54) is 0 Å². The third kappa shape index (κ3) is 3.60. The fourth-order valence-corrected chi connectivity index (χ4v) is 1.75. The normalized spacial score (nSPS) is 10.5. The molecule has 2 aromatic rings. The molecule has 0 fully saturated rings. The van der Waals surface area contributed by atoms with E-state index in [1.807, 2.05) is 42.7 Å². The van der Waals surface area contributed by atoms with Crippen molar-refractivity contribution in [1.29, 1.82) is 0 Å². The lowest BCUT2D eigenvalue weighted by atomic mass is 10.3. The van der Waals surface area contributed by atoms with Gasteiger partial charge in [-0.05, 0) is 19.1 Å². The molecule has 0 aliphatic heterocycles. The van der Waals surface area contributed by atoms with Gasteiger partial charge in [0.25, 0.3) is 0 Å². The molecule has 1 aromatic carbocycles. The fraction of sp³-hybridized carbons (Fsp3) is 0.357. The zero-order valence-electron chi connectivity index (χ0n) is 10.7. The van der Waals surface area contributed by atoms with Crippen molar-refractivity contribution in [2.75, 3.05) is 13.2 Å². The van der Waals surface area contributed by atoms with Crippen LogP contribution in [-0.2, 0) is 13.1 Å². The van der Waals surface area contributed by atoms with Crippen LogP contribution in [0.25, 0.3) is 0 Å². The first-order valence-electron chi connectivity index (χ1n) is 6.28. The van der Waals surface area contributed by atoms with Gasteiger partial charge in [-0.15, -0.1) is 0 Å². The fourth-order valence-electron chi connectivity index (χ4n) is 1.75. The van der Waals surface area contributed by atoms with E-state index in [4.69, 9.17) is 4.74 Å². The van der Waals surface area contributed by atoms with Gasteiger partial charge in [0.2, 0.25) is 0 Å². The predicted octanol–water partition coefficient (Wildman–Crippen LogP) is 2.07. The number of ether oxygens (including phenoxy) is 1. The van der Waals surface area contributed by atoms with Crippen molar-refractivity contribution >= 4 is 0 Å². The molecule has 2 rings (SSSR count). The summed E-state index contributed by atoms with van der Waals surface area (Å²) in [6.07, 6.45) is 3.83. The number of imidazole rings is 1. The van der Waals surface area contributed by atoms with Crippen molar-refractivity contribution in [3.63, 3.8) is 0 Å². The molecular weight excluding hydrogens is 226 g/mol. The molecule has 18 heavy (non-hydrogen) atoms. The van der Waals surface area contributed by atoms with Crippen molar-refractivity contribution in [3.8, 4) is 5.75 Å². The Kier molecular flexibility index (Phi) is 4.78. The van der Waals surface area contributed by atoms with E-state index < -0.39 is 0 Å². The van der Waals surface area contributed by atoms with E-state index >= 15 is 0 Å². The zero-order valence-corrected chi connectivity index (χ0v) is 10.7. The largest absolute Gasteiger partial charge is 0.492 e. The minimum Gasteiger partial charge on any atom is -0.492 e. The maximum atomic E-state index is 5.59. The maximum absolute atomic E-state index is 5.59. The first kappa shape index (κ1) is 12.6. The Morgan fingerprint density at radius 1 is 1.28 bits per heavy atom. The molecule has 1 aromatic heterocycles. The summed E-state index contributed by atoms with van der Waals surface area (Å²) in [7, 11) is 0. The molecule has 0 aliphatic rings. The quantitative estimate of drug-likeness (QED) is 0.759. The number of rotatable bonds is 7. The summed E-state index contributed by atoms with van der Waals surface area (Å²) in [6.45, 7) is 5.32. The van der Waals surface area contributed by atoms with E-state index in [0.29, 0.717) is 6.61 Å². The molecular formula is C14H19N3O. The van der Waals surface area contributed by atoms with Crippen LogP contribution in [-0.4, -0.2) is 22.7 Å². The number of hydrogen-bond donors (Lipinski definition) is 1. The number of nitrogens with one attached hydrogen (secondary N) is 1. The van der Waals surface area contributed by atoms with Crippen molar-refractivity contribution in [3.05, 3.63) is 48.5 Å². The van der Waals surface area contributed by atoms with Gasteiger partial charge in [-0.25, -0.2) is 4.98 Å². The van der Waals surface area contributed by atoms with E-state index in [2.05, 4.69) is 21.8 Å². The number of benzene rings is 1. The molecule has 0 atom stereocenters. The Hall–Kier alpha value is -1.81. The van der Waals surface area contributed by atoms with Crippen molar-refractivity contribution in [2.45, 2.75) is 20.0 Å². The number of aryl methyl sites for hydroxylation is 1. The van der Waals surface area contributed by atoms with Gasteiger partial charge in [0.1, 0.15) is 18.2 Å². The molecule has 0 amide bonds. The summed E-state index contributed by atoms with van der Waals surface area (Å²) in [4.78, 5) is 4.30. The van der Waals surface area contributed by atoms with Crippen LogP contribution in [0.15, 0.2) is 42.7 Å². The molecule has 96 valence electrons. The van der Waals surface area contributed by atoms with Crippen molar-refractivity contribution < 1.29 is 4.74 Å². The van der Waals surface area contributed by atoms with Gasteiger partial charge in [0.15, 0.2) is 0 Å². The van der Waals surface area contributed by atoms with Gasteiger partial charge in [-0.2, -0.15) is 0 Å². The highest BCUT2D eigenvalue weighted by atomic mass is 16.5. The summed E-state index contributed by atoms with van der Waals surface area (Å²) in [6, 6.07) is 9.85. The molecule has 0 bridgehead atoms. The monoisotopic (exact) mass is 245 g/mol. The molecule has 4 nitrogen and oxygen atoms in total. The van der Waals surface area contributed by atoms with Gasteiger partial charge < -0.3 is 14.6 Å². The minimum absolute atomic E-state index is 0.664. The Morgan fingerprint density at radius 2 is 2.11 bits per heavy atom. The third-order valence-corrected chi connectivity index (χ3v) is 2.72. The van der Waals surface area contributed by atoms with Gasteiger partial charge in [0.05, 0.1) is 6.54 Å². The standard InChI is InChI=1S/C14H19N3O/c1-2-17-10-8-16-14(17)12-15-9-11-18-13-6-4-3-5-7-13/h3-8,10,15H,2,9,11-12H2,1H3. The first-order chi connectivity index (χ1) is 8.90. The van der Waals surface area contributed by atoms with Crippen molar-refractivity contribution in [1.82, 2.24) is 14.9 Å². The second-order valence-electron chi connectivity index (χ2n) is 3.97. The number of aromatic nitrogens is 2. The Balaban J connectivity index is 1.65. The van der Waals surface area contributed by atoms with Gasteiger partial charge >= 0.3 is 0 Å². The lowest BCUT2D eigenvalue weighted by molar-refractivity contribution is 0.312. The SMILES string of the molecule is CCn1ccnc1CNCCOc1ccccc1. The summed E-state index contributed by atoms with van der Waals surface area (Å²) < 4.78 is 7.72. The van der Waals surface area contributed by atoms with E-state index in [9.17, 15) is 0 Å². The summed E-state index contributed by atoms with van der Waals surface area (Å²) in [5, 5.41) is 3.32. The van der Waals surface area contributed by atoms with Gasteiger partial charge in [-0.3, -0.25) is 0 Å². The van der Waals surface area contributed by atoms with Crippen LogP contribution in [0, 0.1) is 0 Å². The second kappa shape index (κ2) is 6.81. The highest BCUT2D eigenvalue weighted by Crippen LogP contribution is 2.07. The van der Waals surface area contributed by atoms with Crippen LogP contribution < -0.4 is 10.1 Å². The average molecular weight is 245 g/mol. The molecule has 0 unspecified atom stereocenters. The first-order valence-corrected chi connectivity index (χ1v) is 6.28. The zero-order chi connectivity index (χ0) is 12.6. The number of nitrogens with zero attached hydrogens (tertiary/aromatic N) is 2. The van der Waals surface area contributed by atoms with E-state index in [0.717, 1.165) is 31.2 Å². The Morgan fingerprint density at radius 3 is 2.89 bits per heavy atom. The predicted molar refractivity (Wildman–Crippen MR) is 71.5 cm³/mol. The Labute approximate surface area is 108 Å². The second-order valence-corrected chi connectivity index (χ2v) is 3.97. The molecule has 4 heteroatoms. The van der Waals surface area contributed by atoms with Crippen LogP contribution in [0.1, 0.15) is 12.7 Å². The molecule has 0 spiro atoms. The van der Waals surface area contributed by atoms with Crippen LogP contribution in [0.3, 0.4) is 0 Å². The van der Waals surface area contributed by atoms with E-state index in [1.54, 1.807) is 0 Å². The highest BCUT2D eigenvalue weighted by Gasteiger charge is 1.99. The van der Waals surface area contributed by atoms with Crippen LogP contribution >= 0.6 is 0 Å².